The van der Waals surface area contributed by atoms with Crippen molar-refractivity contribution in [3.63, 3.8) is 0 Å². The lowest BCUT2D eigenvalue weighted by Gasteiger charge is -2.22. The minimum Gasteiger partial charge on any atom is -0.342 e. The van der Waals surface area contributed by atoms with Crippen LogP contribution in [0.3, 0.4) is 0 Å². The van der Waals surface area contributed by atoms with E-state index in [0.717, 1.165) is 10.9 Å². The molecule has 0 spiro atoms. The van der Waals surface area contributed by atoms with Crippen LogP contribution in [0.25, 0.3) is 10.9 Å². The molecule has 1 heteroatoms. The van der Waals surface area contributed by atoms with E-state index in [4.69, 9.17) is 1.37 Å². The topological polar surface area (TPSA) is 4.93 Å². The van der Waals surface area contributed by atoms with Gasteiger partial charge in [-0.25, -0.2) is 0 Å². The van der Waals surface area contributed by atoms with E-state index >= 15 is 0 Å². The smallest absolute Gasteiger partial charge is 0.0645 e. The SMILES string of the molecule is [2H]c1cn(C(C)(C)C)c2ccccc12. The Morgan fingerprint density at radius 3 is 2.62 bits per heavy atom. The minimum absolute atomic E-state index is 0.0406. The Morgan fingerprint density at radius 1 is 1.23 bits per heavy atom. The number of aromatic nitrogens is 1. The maximum absolute atomic E-state index is 7.84. The third kappa shape index (κ3) is 1.35. The Hall–Kier alpha value is -1.24. The second kappa shape index (κ2) is 2.63. The highest BCUT2D eigenvalue weighted by atomic mass is 15.0. The summed E-state index contributed by atoms with van der Waals surface area (Å²) >= 11 is 0. The molecule has 1 heterocycles. The standard InChI is InChI=1S/C12H15N/c1-12(2,3)13-9-8-10-6-4-5-7-11(10)13/h4-9H,1-3H3/i8D. The summed E-state index contributed by atoms with van der Waals surface area (Å²) in [7, 11) is 0. The van der Waals surface area contributed by atoms with Gasteiger partial charge >= 0.3 is 0 Å². The van der Waals surface area contributed by atoms with E-state index in [-0.39, 0.29) is 5.54 Å². The van der Waals surface area contributed by atoms with E-state index in [1.807, 2.05) is 24.4 Å². The molecule has 0 aliphatic heterocycles. The quantitative estimate of drug-likeness (QED) is 0.577. The molecule has 0 saturated heterocycles. The Balaban J connectivity index is 2.80. The lowest BCUT2D eigenvalue weighted by atomic mass is 10.1. The van der Waals surface area contributed by atoms with Gasteiger partial charge in [0.15, 0.2) is 0 Å². The summed E-state index contributed by atoms with van der Waals surface area (Å²) < 4.78 is 10.0. The molecule has 0 amide bonds. The van der Waals surface area contributed by atoms with Gasteiger partial charge in [-0.2, -0.15) is 0 Å². The van der Waals surface area contributed by atoms with Gasteiger partial charge in [0.05, 0.1) is 1.37 Å². The van der Waals surface area contributed by atoms with E-state index in [2.05, 4.69) is 31.4 Å². The predicted octanol–water partition coefficient (Wildman–Crippen LogP) is 3.40. The fourth-order valence-electron chi connectivity index (χ4n) is 1.56. The van der Waals surface area contributed by atoms with Gasteiger partial charge in [0.2, 0.25) is 0 Å². The van der Waals surface area contributed by atoms with Crippen molar-refractivity contribution in [3.8, 4) is 0 Å². The summed E-state index contributed by atoms with van der Waals surface area (Å²) in [4.78, 5) is 0. The highest BCUT2D eigenvalue weighted by Crippen LogP contribution is 2.23. The molecule has 0 atom stereocenters. The summed E-state index contributed by atoms with van der Waals surface area (Å²) in [5, 5.41) is 1.03. The summed E-state index contributed by atoms with van der Waals surface area (Å²) in [5.41, 5.74) is 1.18. The van der Waals surface area contributed by atoms with Crippen molar-refractivity contribution >= 4 is 10.9 Å². The van der Waals surface area contributed by atoms with E-state index in [0.29, 0.717) is 6.04 Å². The maximum Gasteiger partial charge on any atom is 0.0645 e. The zero-order valence-electron chi connectivity index (χ0n) is 9.33. The molecule has 0 radical (unpaired) electrons. The van der Waals surface area contributed by atoms with Gasteiger partial charge in [0.1, 0.15) is 0 Å². The van der Waals surface area contributed by atoms with E-state index in [1.165, 1.54) is 0 Å². The molecular formula is C12H15N. The highest BCUT2D eigenvalue weighted by Gasteiger charge is 2.13. The first-order valence-corrected chi connectivity index (χ1v) is 4.57. The van der Waals surface area contributed by atoms with Crippen molar-refractivity contribution in [1.29, 1.82) is 0 Å². The number of fused-ring (bicyclic) bond motifs is 1. The number of hydrogen-bond donors (Lipinski definition) is 0. The zero-order valence-corrected chi connectivity index (χ0v) is 8.33. The third-order valence-electron chi connectivity index (χ3n) is 2.24. The average molecular weight is 174 g/mol. The normalized spacial score (nSPS) is 13.3. The average Bonchev–Trinajstić information content (AvgIpc) is 2.44. The van der Waals surface area contributed by atoms with Gasteiger partial charge in [0, 0.05) is 17.3 Å². The van der Waals surface area contributed by atoms with Crippen LogP contribution < -0.4 is 0 Å². The summed E-state index contributed by atoms with van der Waals surface area (Å²) in [6, 6.07) is 8.67. The maximum atomic E-state index is 7.84. The fraction of sp³-hybridized carbons (Fsp3) is 0.333. The minimum atomic E-state index is 0.0406. The molecule has 1 aromatic heterocycles. The molecule has 13 heavy (non-hydrogen) atoms. The summed E-state index contributed by atoms with van der Waals surface area (Å²) in [5.74, 6) is 0. The molecule has 0 aliphatic carbocycles. The molecule has 2 rings (SSSR count). The van der Waals surface area contributed by atoms with Gasteiger partial charge < -0.3 is 4.57 Å². The predicted molar refractivity (Wildman–Crippen MR) is 56.9 cm³/mol. The Kier molecular flexibility index (Phi) is 1.45. The van der Waals surface area contributed by atoms with Crippen LogP contribution in [0.2, 0.25) is 0 Å². The molecule has 0 aliphatic rings. The second-order valence-corrected chi connectivity index (χ2v) is 4.33. The monoisotopic (exact) mass is 174 g/mol. The van der Waals surface area contributed by atoms with Gasteiger partial charge in [-0.1, -0.05) is 18.2 Å². The van der Waals surface area contributed by atoms with E-state index < -0.39 is 0 Å². The van der Waals surface area contributed by atoms with Gasteiger partial charge in [-0.3, -0.25) is 0 Å². The lowest BCUT2D eigenvalue weighted by Crippen LogP contribution is -2.20. The first-order chi connectivity index (χ1) is 6.50. The molecular weight excluding hydrogens is 158 g/mol. The van der Waals surface area contributed by atoms with Crippen LogP contribution in [0.1, 0.15) is 22.1 Å². The number of rotatable bonds is 0. The Morgan fingerprint density at radius 2 is 1.92 bits per heavy atom. The molecule has 0 saturated carbocycles. The van der Waals surface area contributed by atoms with Crippen LogP contribution in [0.5, 0.6) is 0 Å². The molecule has 68 valence electrons. The number of hydrogen-bond acceptors (Lipinski definition) is 0. The fourth-order valence-corrected chi connectivity index (χ4v) is 1.56. The van der Waals surface area contributed by atoms with Crippen LogP contribution in [0.15, 0.2) is 36.5 Å². The summed E-state index contributed by atoms with van der Waals surface area (Å²) in [6.07, 6.45) is 1.91. The van der Waals surface area contributed by atoms with Crippen molar-refractivity contribution in [2.24, 2.45) is 0 Å². The molecule has 1 nitrogen and oxygen atoms in total. The van der Waals surface area contributed by atoms with Crippen molar-refractivity contribution in [2.75, 3.05) is 0 Å². The van der Waals surface area contributed by atoms with Crippen LogP contribution >= 0.6 is 0 Å². The van der Waals surface area contributed by atoms with E-state index in [9.17, 15) is 0 Å². The van der Waals surface area contributed by atoms with Crippen molar-refractivity contribution < 1.29 is 1.37 Å². The van der Waals surface area contributed by atoms with E-state index in [1.54, 1.807) is 0 Å². The van der Waals surface area contributed by atoms with Crippen LogP contribution in [0, 0.1) is 0 Å². The van der Waals surface area contributed by atoms with Crippen LogP contribution in [0.4, 0.5) is 0 Å². The lowest BCUT2D eigenvalue weighted by molar-refractivity contribution is 0.411. The first-order valence-electron chi connectivity index (χ1n) is 5.07. The van der Waals surface area contributed by atoms with Gasteiger partial charge in [0.25, 0.3) is 0 Å². The third-order valence-corrected chi connectivity index (χ3v) is 2.24. The van der Waals surface area contributed by atoms with Crippen molar-refractivity contribution in [2.45, 2.75) is 26.3 Å². The first kappa shape index (κ1) is 7.19. The van der Waals surface area contributed by atoms with Crippen LogP contribution in [-0.4, -0.2) is 4.57 Å². The largest absolute Gasteiger partial charge is 0.342 e. The van der Waals surface area contributed by atoms with Gasteiger partial charge in [-0.05, 0) is 38.3 Å². The Labute approximate surface area is 80.4 Å². The molecule has 0 bridgehead atoms. The number of benzene rings is 1. The highest BCUT2D eigenvalue weighted by molar-refractivity contribution is 5.80. The van der Waals surface area contributed by atoms with Crippen molar-refractivity contribution in [3.05, 3.63) is 36.5 Å². The Bertz CT molecular complexity index is 463. The number of nitrogens with zero attached hydrogens (tertiary/aromatic N) is 1. The van der Waals surface area contributed by atoms with Crippen molar-refractivity contribution in [1.82, 2.24) is 4.57 Å². The zero-order chi connectivity index (χ0) is 10.3. The molecule has 0 unspecified atom stereocenters. The molecule has 0 fully saturated rings. The second-order valence-electron chi connectivity index (χ2n) is 4.33. The van der Waals surface area contributed by atoms with Crippen LogP contribution in [-0.2, 0) is 5.54 Å². The molecule has 1 aromatic carbocycles. The molecule has 0 N–H and O–H groups in total. The molecule has 2 aromatic rings. The number of para-hydroxylation sites is 1. The van der Waals surface area contributed by atoms with Gasteiger partial charge in [-0.15, -0.1) is 0 Å². The summed E-state index contributed by atoms with van der Waals surface area (Å²) in [6.45, 7) is 6.46.